The topological polar surface area (TPSA) is 70.7 Å². The summed E-state index contributed by atoms with van der Waals surface area (Å²) in [6.45, 7) is 0.511. The molecule has 4 aromatic rings. The van der Waals surface area contributed by atoms with Gasteiger partial charge in [-0.25, -0.2) is 4.68 Å². The standard InChI is InChI=1S/C18H14BrClN6O/c1-27-15-7-5-12(6-8-15)11-25-23-18(22-24-25)16-10-21-26(17(16)19)14-4-2-3-13(20)9-14/h2-10H,11H2,1H3. The van der Waals surface area contributed by atoms with Crippen molar-refractivity contribution in [2.24, 2.45) is 0 Å². The minimum atomic E-state index is 0.490. The van der Waals surface area contributed by atoms with Crippen molar-refractivity contribution in [2.45, 2.75) is 6.54 Å². The quantitative estimate of drug-likeness (QED) is 0.464. The maximum absolute atomic E-state index is 6.07. The maximum atomic E-state index is 6.07. The summed E-state index contributed by atoms with van der Waals surface area (Å²) in [5.41, 5.74) is 2.63. The first kappa shape index (κ1) is 17.7. The highest BCUT2D eigenvalue weighted by Gasteiger charge is 2.16. The van der Waals surface area contributed by atoms with Gasteiger partial charge in [0.05, 0.1) is 31.1 Å². The van der Waals surface area contributed by atoms with E-state index in [1.165, 1.54) is 0 Å². The predicted molar refractivity (Wildman–Crippen MR) is 105 cm³/mol. The molecule has 27 heavy (non-hydrogen) atoms. The molecule has 9 heteroatoms. The number of methoxy groups -OCH3 is 1. The van der Waals surface area contributed by atoms with Gasteiger partial charge in [-0.15, -0.1) is 10.2 Å². The van der Waals surface area contributed by atoms with Gasteiger partial charge in [-0.1, -0.05) is 29.8 Å². The first-order valence-corrected chi connectivity index (χ1v) is 9.22. The van der Waals surface area contributed by atoms with Gasteiger partial charge >= 0.3 is 0 Å². The Balaban J connectivity index is 1.58. The van der Waals surface area contributed by atoms with E-state index in [0.717, 1.165) is 27.2 Å². The lowest BCUT2D eigenvalue weighted by Gasteiger charge is -2.03. The molecule has 0 unspecified atom stereocenters. The zero-order valence-corrected chi connectivity index (χ0v) is 16.6. The molecule has 136 valence electrons. The summed E-state index contributed by atoms with van der Waals surface area (Å²) in [4.78, 5) is 1.54. The lowest BCUT2D eigenvalue weighted by molar-refractivity contribution is 0.414. The fourth-order valence-corrected chi connectivity index (χ4v) is 3.34. The van der Waals surface area contributed by atoms with E-state index < -0.39 is 0 Å². The highest BCUT2D eigenvalue weighted by Crippen LogP contribution is 2.28. The van der Waals surface area contributed by atoms with Crippen LogP contribution < -0.4 is 4.74 Å². The van der Waals surface area contributed by atoms with Crippen LogP contribution in [0.25, 0.3) is 17.1 Å². The molecular weight excluding hydrogens is 432 g/mol. The second-order valence-corrected chi connectivity index (χ2v) is 6.92. The minimum Gasteiger partial charge on any atom is -0.497 e. The van der Waals surface area contributed by atoms with E-state index >= 15 is 0 Å². The molecule has 4 rings (SSSR count). The summed E-state index contributed by atoms with van der Waals surface area (Å²) in [6, 6.07) is 15.2. The summed E-state index contributed by atoms with van der Waals surface area (Å²) < 4.78 is 7.63. The monoisotopic (exact) mass is 444 g/mol. The van der Waals surface area contributed by atoms with Crippen molar-refractivity contribution in [3.8, 4) is 22.8 Å². The lowest BCUT2D eigenvalue weighted by atomic mass is 10.2. The van der Waals surface area contributed by atoms with E-state index in [-0.39, 0.29) is 0 Å². The Bertz CT molecular complexity index is 1080. The molecule has 2 aromatic heterocycles. The second kappa shape index (κ2) is 7.50. The van der Waals surface area contributed by atoms with Crippen molar-refractivity contribution in [1.29, 1.82) is 0 Å². The third-order valence-electron chi connectivity index (χ3n) is 3.94. The van der Waals surface area contributed by atoms with Gasteiger partial charge in [0.15, 0.2) is 0 Å². The van der Waals surface area contributed by atoms with Crippen LogP contribution in [0.5, 0.6) is 5.75 Å². The van der Waals surface area contributed by atoms with Crippen molar-refractivity contribution < 1.29 is 4.74 Å². The molecule has 0 aliphatic carbocycles. The number of rotatable bonds is 5. The zero-order valence-electron chi connectivity index (χ0n) is 14.3. The Morgan fingerprint density at radius 2 is 1.96 bits per heavy atom. The molecule has 0 N–H and O–H groups in total. The van der Waals surface area contributed by atoms with Crippen LogP contribution in [-0.2, 0) is 6.54 Å². The SMILES string of the molecule is COc1ccc(Cn2nnc(-c3cnn(-c4cccc(Cl)c4)c3Br)n2)cc1. The second-order valence-electron chi connectivity index (χ2n) is 5.73. The Kier molecular flexibility index (Phi) is 4.91. The third kappa shape index (κ3) is 3.72. The Hall–Kier alpha value is -2.71. The van der Waals surface area contributed by atoms with E-state index in [9.17, 15) is 0 Å². The Labute approximate surface area is 168 Å². The number of benzene rings is 2. The smallest absolute Gasteiger partial charge is 0.209 e. The van der Waals surface area contributed by atoms with E-state index in [1.54, 1.807) is 22.8 Å². The third-order valence-corrected chi connectivity index (χ3v) is 4.94. The van der Waals surface area contributed by atoms with Crippen molar-refractivity contribution in [3.05, 3.63) is 69.9 Å². The van der Waals surface area contributed by atoms with E-state index in [1.807, 2.05) is 48.5 Å². The summed E-state index contributed by atoms with van der Waals surface area (Å²) in [7, 11) is 1.64. The first-order chi connectivity index (χ1) is 13.1. The molecule has 2 aromatic carbocycles. The van der Waals surface area contributed by atoms with Gasteiger partial charge in [0.2, 0.25) is 5.82 Å². The summed E-state index contributed by atoms with van der Waals surface area (Å²) in [5.74, 6) is 1.30. The molecule has 2 heterocycles. The van der Waals surface area contributed by atoms with Crippen LogP contribution in [0.2, 0.25) is 5.02 Å². The number of tetrazole rings is 1. The van der Waals surface area contributed by atoms with Gasteiger partial charge < -0.3 is 4.74 Å². The average Bonchev–Trinajstić information content (AvgIpc) is 3.28. The zero-order chi connectivity index (χ0) is 18.8. The van der Waals surface area contributed by atoms with Gasteiger partial charge in [-0.2, -0.15) is 9.90 Å². The van der Waals surface area contributed by atoms with Crippen LogP contribution in [-0.4, -0.2) is 37.1 Å². The molecule has 0 bridgehead atoms. The lowest BCUT2D eigenvalue weighted by Crippen LogP contribution is -2.04. The fraction of sp³-hybridized carbons (Fsp3) is 0.111. The summed E-state index contributed by atoms with van der Waals surface area (Å²) in [6.07, 6.45) is 1.69. The molecule has 0 radical (unpaired) electrons. The first-order valence-electron chi connectivity index (χ1n) is 8.04. The van der Waals surface area contributed by atoms with Gasteiger partial charge in [0.1, 0.15) is 10.4 Å². The number of nitrogens with zero attached hydrogens (tertiary/aromatic N) is 6. The van der Waals surface area contributed by atoms with Gasteiger partial charge in [-0.3, -0.25) is 0 Å². The molecule has 7 nitrogen and oxygen atoms in total. The molecule has 0 aliphatic heterocycles. The molecule has 0 atom stereocenters. The number of ether oxygens (including phenoxy) is 1. The fourth-order valence-electron chi connectivity index (χ4n) is 2.58. The normalized spacial score (nSPS) is 10.9. The summed E-state index contributed by atoms with van der Waals surface area (Å²) >= 11 is 9.64. The minimum absolute atomic E-state index is 0.490. The van der Waals surface area contributed by atoms with Crippen molar-refractivity contribution in [2.75, 3.05) is 7.11 Å². The predicted octanol–water partition coefficient (Wildman–Crippen LogP) is 4.00. The highest BCUT2D eigenvalue weighted by molar-refractivity contribution is 9.10. The van der Waals surface area contributed by atoms with Crippen LogP contribution in [0.4, 0.5) is 0 Å². The highest BCUT2D eigenvalue weighted by atomic mass is 79.9. The van der Waals surface area contributed by atoms with Crippen LogP contribution in [0.1, 0.15) is 5.56 Å². The van der Waals surface area contributed by atoms with Crippen LogP contribution in [0, 0.1) is 0 Å². The van der Waals surface area contributed by atoms with Gasteiger partial charge in [-0.05, 0) is 57.0 Å². The van der Waals surface area contributed by atoms with Crippen LogP contribution >= 0.6 is 27.5 Å². The molecule has 0 saturated heterocycles. The van der Waals surface area contributed by atoms with Crippen molar-refractivity contribution in [3.63, 3.8) is 0 Å². The molecule has 0 saturated carbocycles. The van der Waals surface area contributed by atoms with Crippen LogP contribution in [0.3, 0.4) is 0 Å². The molecule has 0 aliphatic rings. The molecule has 0 fully saturated rings. The van der Waals surface area contributed by atoms with Crippen molar-refractivity contribution in [1.82, 2.24) is 30.0 Å². The molecule has 0 amide bonds. The van der Waals surface area contributed by atoms with Gasteiger partial charge in [0.25, 0.3) is 0 Å². The Morgan fingerprint density at radius 3 is 2.70 bits per heavy atom. The molecular formula is C18H14BrClN6O. The number of halogens is 2. The number of hydrogen-bond donors (Lipinski definition) is 0. The Morgan fingerprint density at radius 1 is 1.15 bits per heavy atom. The largest absolute Gasteiger partial charge is 0.497 e. The molecule has 0 spiro atoms. The number of aromatic nitrogens is 6. The van der Waals surface area contributed by atoms with E-state index in [2.05, 4.69) is 36.4 Å². The van der Waals surface area contributed by atoms with Crippen molar-refractivity contribution >= 4 is 27.5 Å². The number of hydrogen-bond acceptors (Lipinski definition) is 5. The van der Waals surface area contributed by atoms with E-state index in [0.29, 0.717) is 17.4 Å². The van der Waals surface area contributed by atoms with Gasteiger partial charge in [0, 0.05) is 5.02 Å². The van der Waals surface area contributed by atoms with Crippen LogP contribution in [0.15, 0.2) is 59.3 Å². The average molecular weight is 446 g/mol. The van der Waals surface area contributed by atoms with E-state index in [4.69, 9.17) is 16.3 Å². The summed E-state index contributed by atoms with van der Waals surface area (Å²) in [5, 5.41) is 17.8. The maximum Gasteiger partial charge on any atom is 0.209 e.